The Kier molecular flexibility index (Phi) is 6.56. The second-order valence-electron chi connectivity index (χ2n) is 9.00. The maximum Gasteiger partial charge on any atom is 0.522 e. The van der Waals surface area contributed by atoms with Gasteiger partial charge < -0.3 is 14.5 Å². The van der Waals surface area contributed by atoms with E-state index in [0.717, 1.165) is 12.1 Å². The van der Waals surface area contributed by atoms with Gasteiger partial charge in [-0.15, -0.1) is 23.4 Å². The lowest BCUT2D eigenvalue weighted by Crippen LogP contribution is -2.41. The van der Waals surface area contributed by atoms with Crippen LogP contribution in [0.25, 0.3) is 10.9 Å². The number of rotatable bonds is 5. The predicted molar refractivity (Wildman–Crippen MR) is 113 cm³/mol. The average molecular weight is 530 g/mol. The number of halogens is 6. The molecule has 1 aliphatic heterocycles. The molecule has 2 aliphatic rings. The van der Waals surface area contributed by atoms with Crippen LogP contribution in [0, 0.1) is 0 Å². The molecule has 1 N–H and O–H groups in total. The van der Waals surface area contributed by atoms with Gasteiger partial charge in [-0.25, -0.2) is 4.98 Å². The number of carbonyl (C=O) groups is 1. The predicted octanol–water partition coefficient (Wildman–Crippen LogP) is 5.07. The zero-order valence-electron chi connectivity index (χ0n) is 19.0. The van der Waals surface area contributed by atoms with E-state index in [9.17, 15) is 31.1 Å². The number of carbonyl (C=O) groups excluding carboxylic acids is 1. The number of hydrogen-bond acceptors (Lipinski definition) is 7. The standard InChI is InChI=1S/C23H20F6N4O4/c24-22(25,26)13-2-5-16-11(7-13)1-4-17(31-16)19(34)30-14-3-6-18(35-10-14)21-33-32-20(36-21)12-8-15(9-12)37-23(27,28)29/h1-2,4-5,7,12,14-15,18H,3,6,8-10H2,(H,30,34)/t12-,14-,15+,18+/m0/s1. The first-order chi connectivity index (χ1) is 17.4. The summed E-state index contributed by atoms with van der Waals surface area (Å²) >= 11 is 0. The maximum absolute atomic E-state index is 12.9. The Hall–Kier alpha value is -3.26. The van der Waals surface area contributed by atoms with Gasteiger partial charge in [-0.05, 0) is 49.9 Å². The number of benzene rings is 1. The Labute approximate surface area is 205 Å². The maximum atomic E-state index is 12.9. The van der Waals surface area contributed by atoms with E-state index >= 15 is 0 Å². The molecular weight excluding hydrogens is 510 g/mol. The molecule has 0 spiro atoms. The van der Waals surface area contributed by atoms with Gasteiger partial charge in [-0.3, -0.25) is 9.53 Å². The van der Waals surface area contributed by atoms with Gasteiger partial charge in [-0.2, -0.15) is 13.2 Å². The lowest BCUT2D eigenvalue weighted by Gasteiger charge is -2.33. The quantitative estimate of drug-likeness (QED) is 0.460. The molecule has 5 rings (SSSR count). The van der Waals surface area contributed by atoms with E-state index in [0.29, 0.717) is 12.8 Å². The summed E-state index contributed by atoms with van der Waals surface area (Å²) in [7, 11) is 0. The minimum atomic E-state index is -4.68. The summed E-state index contributed by atoms with van der Waals surface area (Å²) < 4.78 is 90.8. The molecule has 0 bridgehead atoms. The molecule has 0 unspecified atom stereocenters. The van der Waals surface area contributed by atoms with Gasteiger partial charge in [0.15, 0.2) is 0 Å². The van der Waals surface area contributed by atoms with Crippen LogP contribution >= 0.6 is 0 Å². The van der Waals surface area contributed by atoms with Crippen LogP contribution in [-0.4, -0.2) is 46.2 Å². The zero-order chi connectivity index (χ0) is 26.4. The fraction of sp³-hybridized carbons (Fsp3) is 0.478. The monoisotopic (exact) mass is 530 g/mol. The Morgan fingerprint density at radius 3 is 2.43 bits per heavy atom. The molecule has 0 radical (unpaired) electrons. The summed E-state index contributed by atoms with van der Waals surface area (Å²) in [4.78, 5) is 16.8. The van der Waals surface area contributed by atoms with E-state index in [-0.39, 0.29) is 59.8 Å². The minimum Gasteiger partial charge on any atom is -0.422 e. The van der Waals surface area contributed by atoms with Crippen molar-refractivity contribution in [3.63, 3.8) is 0 Å². The summed E-state index contributed by atoms with van der Waals surface area (Å²) in [5.74, 6) is -0.344. The SMILES string of the molecule is O=C(N[C@H]1CC[C@H](c2nnc([C@H]3C[C@@H](OC(F)(F)F)C3)o2)OC1)c1ccc2cc(C(F)(F)F)ccc2n1. The van der Waals surface area contributed by atoms with Crippen LogP contribution in [0.15, 0.2) is 34.7 Å². The molecule has 198 valence electrons. The van der Waals surface area contributed by atoms with Crippen molar-refractivity contribution in [2.24, 2.45) is 0 Å². The van der Waals surface area contributed by atoms with Crippen molar-refractivity contribution in [2.45, 2.75) is 62.4 Å². The minimum absolute atomic E-state index is 0.0595. The highest BCUT2D eigenvalue weighted by atomic mass is 19.4. The van der Waals surface area contributed by atoms with Crippen LogP contribution in [-0.2, 0) is 15.7 Å². The highest BCUT2D eigenvalue weighted by molar-refractivity contribution is 5.95. The number of pyridine rings is 1. The van der Waals surface area contributed by atoms with Gasteiger partial charge in [-0.1, -0.05) is 6.07 Å². The molecule has 1 amide bonds. The highest BCUT2D eigenvalue weighted by Crippen LogP contribution is 2.41. The van der Waals surface area contributed by atoms with Gasteiger partial charge in [0, 0.05) is 11.3 Å². The Morgan fingerprint density at radius 1 is 1.00 bits per heavy atom. The molecule has 14 heteroatoms. The first-order valence-electron chi connectivity index (χ1n) is 11.4. The van der Waals surface area contributed by atoms with Crippen molar-refractivity contribution < 1.29 is 45.0 Å². The van der Waals surface area contributed by atoms with Crippen LogP contribution < -0.4 is 5.32 Å². The van der Waals surface area contributed by atoms with Crippen molar-refractivity contribution in [2.75, 3.05) is 6.61 Å². The molecule has 2 atom stereocenters. The number of amides is 1. The number of nitrogens with zero attached hydrogens (tertiary/aromatic N) is 3. The smallest absolute Gasteiger partial charge is 0.422 e. The molecule has 1 saturated heterocycles. The Balaban J connectivity index is 1.12. The van der Waals surface area contributed by atoms with E-state index in [4.69, 9.17) is 9.15 Å². The van der Waals surface area contributed by atoms with Gasteiger partial charge >= 0.3 is 12.5 Å². The summed E-state index contributed by atoms with van der Waals surface area (Å²) in [6.07, 6.45) is -9.37. The van der Waals surface area contributed by atoms with Crippen LogP contribution in [0.4, 0.5) is 26.3 Å². The molecule has 1 saturated carbocycles. The summed E-state index contributed by atoms with van der Waals surface area (Å²) in [5, 5.41) is 10.9. The lowest BCUT2D eigenvalue weighted by atomic mass is 9.82. The summed E-state index contributed by atoms with van der Waals surface area (Å²) in [5.41, 5.74) is -0.478. The van der Waals surface area contributed by atoms with Gasteiger partial charge in [0.2, 0.25) is 11.8 Å². The number of nitrogens with one attached hydrogen (secondary N) is 1. The van der Waals surface area contributed by atoms with Crippen LogP contribution in [0.2, 0.25) is 0 Å². The van der Waals surface area contributed by atoms with Crippen LogP contribution in [0.1, 0.15) is 65.5 Å². The van der Waals surface area contributed by atoms with E-state index in [1.54, 1.807) is 0 Å². The number of alkyl halides is 6. The van der Waals surface area contributed by atoms with E-state index < -0.39 is 36.2 Å². The van der Waals surface area contributed by atoms with E-state index in [1.165, 1.54) is 18.2 Å². The molecule has 1 aliphatic carbocycles. The average Bonchev–Trinajstić information content (AvgIpc) is 3.29. The number of aromatic nitrogens is 3. The number of ether oxygens (including phenoxy) is 2. The lowest BCUT2D eigenvalue weighted by molar-refractivity contribution is -0.352. The normalized spacial score (nSPS) is 24.6. The molecule has 2 aromatic heterocycles. The molecule has 2 fully saturated rings. The van der Waals surface area contributed by atoms with E-state index in [2.05, 4.69) is 25.2 Å². The van der Waals surface area contributed by atoms with E-state index in [1.807, 2.05) is 0 Å². The third-order valence-corrected chi connectivity index (χ3v) is 6.34. The second-order valence-corrected chi connectivity index (χ2v) is 9.00. The molecule has 37 heavy (non-hydrogen) atoms. The Morgan fingerprint density at radius 2 is 1.76 bits per heavy atom. The topological polar surface area (TPSA) is 99.4 Å². The van der Waals surface area contributed by atoms with Crippen molar-refractivity contribution in [3.8, 4) is 0 Å². The molecule has 1 aromatic carbocycles. The fourth-order valence-electron chi connectivity index (χ4n) is 4.34. The van der Waals surface area contributed by atoms with Gasteiger partial charge in [0.05, 0.1) is 29.8 Å². The fourth-order valence-corrected chi connectivity index (χ4v) is 4.34. The number of hydrogen-bond donors (Lipinski definition) is 1. The summed E-state index contributed by atoms with van der Waals surface area (Å²) in [6, 6.07) is 5.52. The van der Waals surface area contributed by atoms with Crippen LogP contribution in [0.3, 0.4) is 0 Å². The first kappa shape index (κ1) is 25.4. The molecule has 3 heterocycles. The highest BCUT2D eigenvalue weighted by Gasteiger charge is 2.43. The van der Waals surface area contributed by atoms with Gasteiger partial charge in [0.1, 0.15) is 11.8 Å². The van der Waals surface area contributed by atoms with Gasteiger partial charge in [0.25, 0.3) is 5.91 Å². The third-order valence-electron chi connectivity index (χ3n) is 6.34. The van der Waals surface area contributed by atoms with Crippen LogP contribution in [0.5, 0.6) is 0 Å². The molecular formula is C23H20F6N4O4. The zero-order valence-corrected chi connectivity index (χ0v) is 19.0. The molecule has 8 nitrogen and oxygen atoms in total. The Bertz CT molecular complexity index is 1280. The number of fused-ring (bicyclic) bond motifs is 1. The third kappa shape index (κ3) is 5.85. The molecule has 3 aromatic rings. The second kappa shape index (κ2) is 9.56. The first-order valence-corrected chi connectivity index (χ1v) is 11.4. The largest absolute Gasteiger partial charge is 0.522 e. The summed E-state index contributed by atoms with van der Waals surface area (Å²) in [6.45, 7) is 0.140. The van der Waals surface area contributed by atoms with Crippen molar-refractivity contribution in [1.29, 1.82) is 0 Å². The van der Waals surface area contributed by atoms with Crippen molar-refractivity contribution >= 4 is 16.8 Å². The van der Waals surface area contributed by atoms with Crippen molar-refractivity contribution in [3.05, 3.63) is 53.4 Å². The van der Waals surface area contributed by atoms with Crippen molar-refractivity contribution in [1.82, 2.24) is 20.5 Å².